The minimum atomic E-state index is -0.121. The van der Waals surface area contributed by atoms with Crippen molar-refractivity contribution in [1.29, 1.82) is 0 Å². The Morgan fingerprint density at radius 1 is 1.14 bits per heavy atom. The summed E-state index contributed by atoms with van der Waals surface area (Å²) in [5.74, 6) is 0.524. The fourth-order valence-electron chi connectivity index (χ4n) is 1.99. The molecule has 0 saturated heterocycles. The molecule has 0 radical (unpaired) electrons. The smallest absolute Gasteiger partial charge is 0.278 e. The van der Waals surface area contributed by atoms with Crippen LogP contribution in [0.4, 0.5) is 11.5 Å². The maximum Gasteiger partial charge on any atom is 0.278 e. The van der Waals surface area contributed by atoms with E-state index in [0.717, 1.165) is 18.5 Å². The van der Waals surface area contributed by atoms with E-state index in [1.54, 1.807) is 24.1 Å². The molecule has 2 aromatic rings. The first-order valence-corrected chi connectivity index (χ1v) is 7.14. The highest BCUT2D eigenvalue weighted by atomic mass is 16.2. The molecule has 0 fully saturated rings. The van der Waals surface area contributed by atoms with Crippen LogP contribution in [0.5, 0.6) is 0 Å². The molecule has 110 valence electrons. The molecule has 21 heavy (non-hydrogen) atoms. The Bertz CT molecular complexity index is 569. The second kappa shape index (κ2) is 7.38. The molecule has 0 unspecified atom stereocenters. The molecule has 0 saturated carbocycles. The summed E-state index contributed by atoms with van der Waals surface area (Å²) in [5, 5.41) is 10.9. The number of nitrogens with zero attached hydrogens (tertiary/aromatic N) is 3. The highest BCUT2D eigenvalue weighted by Crippen LogP contribution is 2.17. The molecule has 0 bridgehead atoms. The first kappa shape index (κ1) is 15.0. The van der Waals surface area contributed by atoms with Crippen LogP contribution in [-0.2, 0) is 0 Å². The SMILES string of the molecule is CCCCN(C(=O)c1ccc(NC)nn1)c1ccccc1. The van der Waals surface area contributed by atoms with Crippen molar-refractivity contribution in [3.05, 3.63) is 48.2 Å². The monoisotopic (exact) mass is 284 g/mol. The molecule has 2 rings (SSSR count). The number of hydrogen-bond donors (Lipinski definition) is 1. The maximum atomic E-state index is 12.7. The van der Waals surface area contributed by atoms with Crippen LogP contribution in [0, 0.1) is 0 Å². The van der Waals surface area contributed by atoms with Crippen LogP contribution in [0.15, 0.2) is 42.5 Å². The van der Waals surface area contributed by atoms with E-state index in [2.05, 4.69) is 22.4 Å². The Labute approximate surface area is 125 Å². The maximum absolute atomic E-state index is 12.7. The van der Waals surface area contributed by atoms with Gasteiger partial charge in [0.2, 0.25) is 0 Å². The lowest BCUT2D eigenvalue weighted by atomic mass is 10.2. The van der Waals surface area contributed by atoms with Gasteiger partial charge >= 0.3 is 0 Å². The van der Waals surface area contributed by atoms with E-state index in [1.807, 2.05) is 30.3 Å². The number of unbranched alkanes of at least 4 members (excludes halogenated alkanes) is 1. The third kappa shape index (κ3) is 3.78. The standard InChI is InChI=1S/C16H20N4O/c1-3-4-12-20(13-8-6-5-7-9-13)16(21)14-10-11-15(17-2)19-18-14/h5-11H,3-4,12H2,1-2H3,(H,17,19). The van der Waals surface area contributed by atoms with E-state index in [1.165, 1.54) is 0 Å². The van der Waals surface area contributed by atoms with Gasteiger partial charge in [0.1, 0.15) is 5.82 Å². The van der Waals surface area contributed by atoms with Crippen LogP contribution in [-0.4, -0.2) is 29.7 Å². The molecular formula is C16H20N4O. The number of benzene rings is 1. The van der Waals surface area contributed by atoms with Crippen LogP contribution in [0.2, 0.25) is 0 Å². The highest BCUT2D eigenvalue weighted by molar-refractivity contribution is 6.04. The van der Waals surface area contributed by atoms with E-state index in [9.17, 15) is 4.79 Å². The molecule has 0 atom stereocenters. The van der Waals surface area contributed by atoms with Crippen molar-refractivity contribution in [3.63, 3.8) is 0 Å². The van der Waals surface area contributed by atoms with E-state index in [0.29, 0.717) is 18.1 Å². The first-order valence-electron chi connectivity index (χ1n) is 7.14. The van der Waals surface area contributed by atoms with Gasteiger partial charge in [-0.15, -0.1) is 10.2 Å². The van der Waals surface area contributed by atoms with Crippen molar-refractivity contribution < 1.29 is 4.79 Å². The largest absolute Gasteiger partial charge is 0.372 e. The Hall–Kier alpha value is -2.43. The zero-order valence-corrected chi connectivity index (χ0v) is 12.4. The molecule has 1 aromatic carbocycles. The van der Waals surface area contributed by atoms with Crippen molar-refractivity contribution >= 4 is 17.4 Å². The number of hydrogen-bond acceptors (Lipinski definition) is 4. The third-order valence-electron chi connectivity index (χ3n) is 3.19. The van der Waals surface area contributed by atoms with Crippen molar-refractivity contribution in [3.8, 4) is 0 Å². The zero-order valence-electron chi connectivity index (χ0n) is 12.4. The van der Waals surface area contributed by atoms with Crippen molar-refractivity contribution in [2.75, 3.05) is 23.8 Å². The van der Waals surface area contributed by atoms with Gasteiger partial charge in [0, 0.05) is 19.3 Å². The number of nitrogens with one attached hydrogen (secondary N) is 1. The van der Waals surface area contributed by atoms with Gasteiger partial charge < -0.3 is 10.2 Å². The van der Waals surface area contributed by atoms with Crippen LogP contribution in [0.3, 0.4) is 0 Å². The van der Waals surface area contributed by atoms with Crippen LogP contribution in [0.25, 0.3) is 0 Å². The molecule has 1 aromatic heterocycles. The number of carbonyl (C=O) groups is 1. The molecule has 0 aliphatic heterocycles. The Kier molecular flexibility index (Phi) is 5.26. The molecule has 0 spiro atoms. The van der Waals surface area contributed by atoms with Crippen LogP contribution < -0.4 is 10.2 Å². The summed E-state index contributed by atoms with van der Waals surface area (Å²) >= 11 is 0. The predicted molar refractivity (Wildman–Crippen MR) is 84.6 cm³/mol. The summed E-state index contributed by atoms with van der Waals surface area (Å²) in [6.07, 6.45) is 1.98. The Morgan fingerprint density at radius 2 is 1.90 bits per heavy atom. The van der Waals surface area contributed by atoms with Crippen LogP contribution in [0.1, 0.15) is 30.3 Å². The average molecular weight is 284 g/mol. The minimum absolute atomic E-state index is 0.121. The average Bonchev–Trinajstić information content (AvgIpc) is 2.56. The van der Waals surface area contributed by atoms with Crippen molar-refractivity contribution in [2.45, 2.75) is 19.8 Å². The summed E-state index contributed by atoms with van der Waals surface area (Å²) in [7, 11) is 1.77. The van der Waals surface area contributed by atoms with Gasteiger partial charge in [-0.25, -0.2) is 0 Å². The fraction of sp³-hybridized carbons (Fsp3) is 0.312. The normalized spacial score (nSPS) is 10.2. The van der Waals surface area contributed by atoms with Gasteiger partial charge in [-0.05, 0) is 30.7 Å². The second-order valence-corrected chi connectivity index (χ2v) is 4.70. The summed E-state index contributed by atoms with van der Waals surface area (Å²) in [6.45, 7) is 2.78. The van der Waals surface area contributed by atoms with E-state index >= 15 is 0 Å². The van der Waals surface area contributed by atoms with Gasteiger partial charge in [0.05, 0.1) is 0 Å². The van der Waals surface area contributed by atoms with Gasteiger partial charge in [0.25, 0.3) is 5.91 Å². The minimum Gasteiger partial charge on any atom is -0.372 e. The Balaban J connectivity index is 2.24. The van der Waals surface area contributed by atoms with E-state index in [4.69, 9.17) is 0 Å². The van der Waals surface area contributed by atoms with E-state index in [-0.39, 0.29) is 5.91 Å². The molecule has 5 nitrogen and oxygen atoms in total. The lowest BCUT2D eigenvalue weighted by molar-refractivity contribution is 0.0981. The Morgan fingerprint density at radius 3 is 2.48 bits per heavy atom. The van der Waals surface area contributed by atoms with Crippen LogP contribution >= 0.6 is 0 Å². The summed E-state index contributed by atoms with van der Waals surface area (Å²) in [6, 6.07) is 13.1. The first-order chi connectivity index (χ1) is 10.3. The molecule has 1 heterocycles. The molecule has 0 aliphatic carbocycles. The number of carbonyl (C=O) groups excluding carboxylic acids is 1. The molecule has 1 amide bonds. The molecular weight excluding hydrogens is 264 g/mol. The summed E-state index contributed by atoms with van der Waals surface area (Å²) in [5.41, 5.74) is 1.24. The van der Waals surface area contributed by atoms with Gasteiger partial charge in [0.15, 0.2) is 5.69 Å². The van der Waals surface area contributed by atoms with E-state index < -0.39 is 0 Å². The molecule has 5 heteroatoms. The zero-order chi connectivity index (χ0) is 15.1. The topological polar surface area (TPSA) is 58.1 Å². The van der Waals surface area contributed by atoms with Gasteiger partial charge in [-0.2, -0.15) is 0 Å². The predicted octanol–water partition coefficient (Wildman–Crippen LogP) is 2.97. The number of anilines is 2. The summed E-state index contributed by atoms with van der Waals surface area (Å²) < 4.78 is 0. The van der Waals surface area contributed by atoms with Gasteiger partial charge in [-0.3, -0.25) is 4.79 Å². The summed E-state index contributed by atoms with van der Waals surface area (Å²) in [4.78, 5) is 14.4. The van der Waals surface area contributed by atoms with Crippen molar-refractivity contribution in [2.24, 2.45) is 0 Å². The number of rotatable bonds is 6. The van der Waals surface area contributed by atoms with Crippen molar-refractivity contribution in [1.82, 2.24) is 10.2 Å². The molecule has 0 aliphatic rings. The lowest BCUT2D eigenvalue weighted by Crippen LogP contribution is -2.32. The molecule has 1 N–H and O–H groups in total. The number of aromatic nitrogens is 2. The fourth-order valence-corrected chi connectivity index (χ4v) is 1.99. The number of para-hydroxylation sites is 1. The number of amides is 1. The highest BCUT2D eigenvalue weighted by Gasteiger charge is 2.18. The van der Waals surface area contributed by atoms with Gasteiger partial charge in [-0.1, -0.05) is 31.5 Å². The quantitative estimate of drug-likeness (QED) is 0.886. The lowest BCUT2D eigenvalue weighted by Gasteiger charge is -2.22. The second-order valence-electron chi connectivity index (χ2n) is 4.70. The third-order valence-corrected chi connectivity index (χ3v) is 3.19.